The molecule has 0 unspecified atom stereocenters. The van der Waals surface area contributed by atoms with Gasteiger partial charge in [-0.25, -0.2) is 4.79 Å². The van der Waals surface area contributed by atoms with E-state index in [2.05, 4.69) is 10.2 Å². The van der Waals surface area contributed by atoms with Gasteiger partial charge >= 0.3 is 12.2 Å². The number of fused-ring (bicyclic) bond motifs is 1. The highest BCUT2D eigenvalue weighted by Crippen LogP contribution is 2.30. The van der Waals surface area contributed by atoms with Gasteiger partial charge in [0, 0.05) is 6.20 Å². The number of hydrogen-bond acceptors (Lipinski definition) is 5. The number of carbonyl (C=O) groups excluding carboxylic acids is 2. The first kappa shape index (κ1) is 15.1. The zero-order chi connectivity index (χ0) is 15.6. The Bertz CT molecular complexity index is 700. The lowest BCUT2D eigenvalue weighted by Gasteiger charge is -2.07. The van der Waals surface area contributed by atoms with Crippen LogP contribution in [0.3, 0.4) is 0 Å². The topological polar surface area (TPSA) is 102 Å². The number of thioether (sulfide) groups is 1. The SMILES string of the molecule is NC(=O)NC(=O)CSc1nnc2ccc(C(F)(F)F)cn12. The van der Waals surface area contributed by atoms with Crippen LogP contribution in [-0.2, 0) is 11.0 Å². The predicted octanol–water partition coefficient (Wildman–Crippen LogP) is 1.04. The van der Waals surface area contributed by atoms with Crippen molar-refractivity contribution in [1.29, 1.82) is 0 Å². The zero-order valence-corrected chi connectivity index (χ0v) is 11.0. The zero-order valence-electron chi connectivity index (χ0n) is 10.2. The second kappa shape index (κ2) is 5.60. The summed E-state index contributed by atoms with van der Waals surface area (Å²) in [4.78, 5) is 21.7. The molecule has 7 nitrogen and oxygen atoms in total. The molecule has 0 atom stereocenters. The number of nitrogens with two attached hydrogens (primary N) is 1. The van der Waals surface area contributed by atoms with Crippen LogP contribution in [0, 0.1) is 0 Å². The van der Waals surface area contributed by atoms with Crippen LogP contribution in [0.5, 0.6) is 0 Å². The number of rotatable bonds is 3. The molecule has 0 spiro atoms. The molecule has 11 heteroatoms. The van der Waals surface area contributed by atoms with E-state index in [1.54, 1.807) is 0 Å². The fraction of sp³-hybridized carbons (Fsp3) is 0.200. The minimum absolute atomic E-state index is 0.0933. The van der Waals surface area contributed by atoms with E-state index in [9.17, 15) is 22.8 Å². The molecule has 112 valence electrons. The Hall–Kier alpha value is -2.30. The van der Waals surface area contributed by atoms with Crippen LogP contribution in [0.1, 0.15) is 5.56 Å². The van der Waals surface area contributed by atoms with Gasteiger partial charge in [0.2, 0.25) is 5.91 Å². The summed E-state index contributed by atoms with van der Waals surface area (Å²) in [6.45, 7) is 0. The van der Waals surface area contributed by atoms with E-state index < -0.39 is 23.7 Å². The second-order valence-electron chi connectivity index (χ2n) is 3.83. The third-order valence-corrected chi connectivity index (χ3v) is 3.24. The molecule has 2 aromatic heterocycles. The lowest BCUT2D eigenvalue weighted by molar-refractivity contribution is -0.137. The summed E-state index contributed by atoms with van der Waals surface area (Å²) in [6.07, 6.45) is -3.66. The normalized spacial score (nSPS) is 11.6. The van der Waals surface area contributed by atoms with Crippen LogP contribution in [0.2, 0.25) is 0 Å². The number of nitrogens with one attached hydrogen (secondary N) is 1. The quantitative estimate of drug-likeness (QED) is 0.823. The first-order valence-electron chi connectivity index (χ1n) is 5.41. The second-order valence-corrected chi connectivity index (χ2v) is 4.77. The Morgan fingerprint density at radius 3 is 2.67 bits per heavy atom. The van der Waals surface area contributed by atoms with Gasteiger partial charge in [-0.3, -0.25) is 14.5 Å². The molecule has 2 heterocycles. The van der Waals surface area contributed by atoms with Crippen molar-refractivity contribution in [3.05, 3.63) is 23.9 Å². The largest absolute Gasteiger partial charge is 0.417 e. The van der Waals surface area contributed by atoms with Crippen molar-refractivity contribution in [3.63, 3.8) is 0 Å². The van der Waals surface area contributed by atoms with Crippen molar-refractivity contribution in [2.45, 2.75) is 11.3 Å². The van der Waals surface area contributed by atoms with E-state index >= 15 is 0 Å². The number of amides is 3. The van der Waals surface area contributed by atoms with E-state index in [1.807, 2.05) is 5.32 Å². The third-order valence-electron chi connectivity index (χ3n) is 2.29. The van der Waals surface area contributed by atoms with Gasteiger partial charge in [-0.1, -0.05) is 11.8 Å². The molecule has 0 bridgehead atoms. The highest BCUT2D eigenvalue weighted by molar-refractivity contribution is 7.99. The Labute approximate surface area is 119 Å². The molecular weight excluding hydrogens is 311 g/mol. The summed E-state index contributed by atoms with van der Waals surface area (Å²) in [5.74, 6) is -0.920. The first-order chi connectivity index (χ1) is 9.77. The highest BCUT2D eigenvalue weighted by atomic mass is 32.2. The summed E-state index contributed by atoms with van der Waals surface area (Å²) in [6, 6.07) is 1.05. The maximum Gasteiger partial charge on any atom is 0.417 e. The number of alkyl halides is 3. The molecule has 2 aromatic rings. The van der Waals surface area contributed by atoms with Gasteiger partial charge < -0.3 is 5.73 Å². The van der Waals surface area contributed by atoms with E-state index in [-0.39, 0.29) is 16.6 Å². The fourth-order valence-electron chi connectivity index (χ4n) is 1.44. The summed E-state index contributed by atoms with van der Waals surface area (Å²) in [5, 5.41) is 9.29. The maximum absolute atomic E-state index is 12.6. The Morgan fingerprint density at radius 1 is 1.33 bits per heavy atom. The number of carbonyl (C=O) groups is 2. The molecule has 0 aliphatic carbocycles. The molecular formula is C10H8F3N5O2S. The molecule has 0 aliphatic rings. The van der Waals surface area contributed by atoms with Gasteiger partial charge in [0.1, 0.15) is 0 Å². The minimum atomic E-state index is -4.50. The van der Waals surface area contributed by atoms with Crippen molar-refractivity contribution in [3.8, 4) is 0 Å². The highest BCUT2D eigenvalue weighted by Gasteiger charge is 2.31. The van der Waals surface area contributed by atoms with Crippen LogP contribution in [-0.4, -0.2) is 32.3 Å². The lowest BCUT2D eigenvalue weighted by Crippen LogP contribution is -2.36. The number of primary amides is 1. The number of hydrogen-bond donors (Lipinski definition) is 2. The minimum Gasteiger partial charge on any atom is -0.351 e. The van der Waals surface area contributed by atoms with Gasteiger partial charge in [0.25, 0.3) is 0 Å². The average Bonchev–Trinajstić information content (AvgIpc) is 2.76. The summed E-state index contributed by atoms with van der Waals surface area (Å²) >= 11 is 0.828. The predicted molar refractivity (Wildman–Crippen MR) is 66.4 cm³/mol. The Morgan fingerprint density at radius 2 is 2.05 bits per heavy atom. The number of pyridine rings is 1. The summed E-state index contributed by atoms with van der Waals surface area (Å²) in [7, 11) is 0. The van der Waals surface area contributed by atoms with Crippen molar-refractivity contribution >= 4 is 29.3 Å². The van der Waals surface area contributed by atoms with Crippen molar-refractivity contribution in [1.82, 2.24) is 19.9 Å². The van der Waals surface area contributed by atoms with Crippen LogP contribution >= 0.6 is 11.8 Å². The van der Waals surface area contributed by atoms with Crippen LogP contribution in [0.15, 0.2) is 23.5 Å². The van der Waals surface area contributed by atoms with E-state index in [4.69, 9.17) is 5.73 Å². The molecule has 0 radical (unpaired) electrons. The summed E-state index contributed by atoms with van der Waals surface area (Å²) < 4.78 is 39.0. The molecule has 0 aliphatic heterocycles. The van der Waals surface area contributed by atoms with Crippen LogP contribution in [0.25, 0.3) is 5.65 Å². The third kappa shape index (κ3) is 3.62. The molecule has 2 rings (SSSR count). The molecule has 0 aromatic carbocycles. The first-order valence-corrected chi connectivity index (χ1v) is 6.40. The van der Waals surface area contributed by atoms with Crippen LogP contribution < -0.4 is 11.1 Å². The number of urea groups is 1. The maximum atomic E-state index is 12.6. The van der Waals surface area contributed by atoms with E-state index in [0.29, 0.717) is 0 Å². The molecule has 0 saturated heterocycles. The van der Waals surface area contributed by atoms with Crippen molar-refractivity contribution in [2.24, 2.45) is 5.73 Å². The smallest absolute Gasteiger partial charge is 0.351 e. The van der Waals surface area contributed by atoms with Crippen molar-refractivity contribution < 1.29 is 22.8 Å². The van der Waals surface area contributed by atoms with Gasteiger partial charge in [0.05, 0.1) is 11.3 Å². The number of aromatic nitrogens is 3. The summed E-state index contributed by atoms with van der Waals surface area (Å²) in [5.41, 5.74) is 4.11. The van der Waals surface area contributed by atoms with Gasteiger partial charge in [-0.2, -0.15) is 13.2 Å². The number of imide groups is 1. The monoisotopic (exact) mass is 319 g/mol. The lowest BCUT2D eigenvalue weighted by atomic mass is 10.3. The Kier molecular flexibility index (Phi) is 4.02. The number of halogens is 3. The van der Waals surface area contributed by atoms with E-state index in [0.717, 1.165) is 28.4 Å². The van der Waals surface area contributed by atoms with Crippen molar-refractivity contribution in [2.75, 3.05) is 5.75 Å². The standard InChI is InChI=1S/C10H8F3N5O2S/c11-10(12,13)5-1-2-6-16-17-9(18(6)3-5)21-4-7(19)15-8(14)20/h1-3H,4H2,(H3,14,15,19,20). The van der Waals surface area contributed by atoms with E-state index in [1.165, 1.54) is 6.07 Å². The van der Waals surface area contributed by atoms with Gasteiger partial charge in [-0.15, -0.1) is 10.2 Å². The molecule has 0 saturated carbocycles. The molecule has 3 N–H and O–H groups in total. The van der Waals surface area contributed by atoms with Gasteiger partial charge in [0.15, 0.2) is 10.8 Å². The Balaban J connectivity index is 2.20. The fourth-order valence-corrected chi connectivity index (χ4v) is 2.16. The average molecular weight is 319 g/mol. The van der Waals surface area contributed by atoms with Crippen LogP contribution in [0.4, 0.5) is 18.0 Å². The molecule has 3 amide bonds. The van der Waals surface area contributed by atoms with Gasteiger partial charge in [-0.05, 0) is 12.1 Å². The number of nitrogens with zero attached hydrogens (tertiary/aromatic N) is 3. The molecule has 21 heavy (non-hydrogen) atoms. The molecule has 0 fully saturated rings.